The number of hydrogen-bond acceptors (Lipinski definition) is 2. The maximum Gasteiger partial charge on any atom is 0.153 e. The van der Waals surface area contributed by atoms with Gasteiger partial charge in [-0.2, -0.15) is 5.10 Å². The minimum absolute atomic E-state index is 0.252. The highest BCUT2D eigenvalue weighted by Crippen LogP contribution is 2.24. The van der Waals surface area contributed by atoms with Gasteiger partial charge in [-0.25, -0.2) is 0 Å². The van der Waals surface area contributed by atoms with E-state index in [1.54, 1.807) is 0 Å². The van der Waals surface area contributed by atoms with E-state index in [9.17, 15) is 4.79 Å². The molecular formula is C16H20N2O. The number of carbonyl (C=O) groups excluding carboxylic acids is 1. The largest absolute Gasteiger partial charge is 0.298 e. The quantitative estimate of drug-likeness (QED) is 0.773. The molecule has 100 valence electrons. The van der Waals surface area contributed by atoms with Gasteiger partial charge in [0.25, 0.3) is 0 Å². The molecule has 0 aliphatic carbocycles. The Bertz CT molecular complexity index is 565. The lowest BCUT2D eigenvalue weighted by atomic mass is 10.00. The van der Waals surface area contributed by atoms with E-state index in [0.717, 1.165) is 17.5 Å². The third-order valence-electron chi connectivity index (χ3n) is 3.27. The molecule has 2 rings (SSSR count). The first-order valence-corrected chi connectivity index (χ1v) is 6.67. The summed E-state index contributed by atoms with van der Waals surface area (Å²) in [7, 11) is 0. The van der Waals surface area contributed by atoms with Gasteiger partial charge < -0.3 is 0 Å². The second-order valence-corrected chi connectivity index (χ2v) is 5.40. The van der Waals surface area contributed by atoms with Crippen LogP contribution < -0.4 is 0 Å². The van der Waals surface area contributed by atoms with Crippen molar-refractivity contribution in [1.29, 1.82) is 0 Å². The lowest BCUT2D eigenvalue weighted by Gasteiger charge is -2.06. The second kappa shape index (κ2) is 5.39. The van der Waals surface area contributed by atoms with Gasteiger partial charge in [-0.3, -0.25) is 9.48 Å². The molecule has 0 saturated heterocycles. The maximum atomic E-state index is 11.2. The highest BCUT2D eigenvalue weighted by molar-refractivity contribution is 5.85. The highest BCUT2D eigenvalue weighted by atomic mass is 16.1. The summed E-state index contributed by atoms with van der Waals surface area (Å²) in [6.45, 7) is 8.43. The molecule has 0 aliphatic heterocycles. The average Bonchev–Trinajstić information content (AvgIpc) is 2.83. The summed E-state index contributed by atoms with van der Waals surface area (Å²) in [5.74, 6) is 0.507. The summed E-state index contributed by atoms with van der Waals surface area (Å²) in [5, 5.41) is 4.51. The summed E-state index contributed by atoms with van der Waals surface area (Å²) in [6.07, 6.45) is 2.68. The zero-order valence-electron chi connectivity index (χ0n) is 11.9. The van der Waals surface area contributed by atoms with E-state index in [4.69, 9.17) is 0 Å². The number of aldehydes is 1. The van der Waals surface area contributed by atoms with Crippen molar-refractivity contribution in [2.45, 2.75) is 39.7 Å². The van der Waals surface area contributed by atoms with E-state index >= 15 is 0 Å². The van der Waals surface area contributed by atoms with Crippen LogP contribution in [0.15, 0.2) is 30.5 Å². The number of benzene rings is 1. The first kappa shape index (κ1) is 13.5. The zero-order valence-corrected chi connectivity index (χ0v) is 11.9. The summed E-state index contributed by atoms with van der Waals surface area (Å²) in [4.78, 5) is 11.2. The van der Waals surface area contributed by atoms with Crippen LogP contribution in [0.4, 0.5) is 0 Å². The first-order chi connectivity index (χ1) is 9.02. The number of carbonyl (C=O) groups is 1. The zero-order chi connectivity index (χ0) is 14.0. The molecule has 1 aromatic heterocycles. The number of nitrogens with zero attached hydrogens (tertiary/aromatic N) is 2. The molecule has 0 fully saturated rings. The molecule has 3 nitrogen and oxygen atoms in total. The predicted octanol–water partition coefficient (Wildman–Crippen LogP) is 4.07. The molecule has 19 heavy (non-hydrogen) atoms. The van der Waals surface area contributed by atoms with E-state index in [2.05, 4.69) is 31.1 Å². The second-order valence-electron chi connectivity index (χ2n) is 5.40. The molecule has 1 aromatic carbocycles. The summed E-state index contributed by atoms with van der Waals surface area (Å²) in [6, 6.07) is 8.53. The summed E-state index contributed by atoms with van der Waals surface area (Å²) in [5.41, 5.74) is 3.69. The van der Waals surface area contributed by atoms with E-state index in [0.29, 0.717) is 11.5 Å². The molecule has 2 aromatic rings. The fraction of sp³-hybridized carbons (Fsp3) is 0.375. The van der Waals surface area contributed by atoms with Crippen LogP contribution in [0.1, 0.15) is 55.6 Å². The molecule has 0 amide bonds. The Kier molecular flexibility index (Phi) is 3.84. The van der Waals surface area contributed by atoms with Crippen molar-refractivity contribution in [2.24, 2.45) is 0 Å². The van der Waals surface area contributed by atoms with Crippen LogP contribution >= 0.6 is 0 Å². The fourth-order valence-corrected chi connectivity index (χ4v) is 2.01. The minimum Gasteiger partial charge on any atom is -0.298 e. The molecule has 0 saturated carbocycles. The van der Waals surface area contributed by atoms with Crippen LogP contribution in [0.2, 0.25) is 0 Å². The topological polar surface area (TPSA) is 34.9 Å². The predicted molar refractivity (Wildman–Crippen MR) is 77.5 cm³/mol. The SMILES string of the molecule is CC(C)c1ccc(-c2nn(C(C)C)cc2C=O)cc1. The fourth-order valence-electron chi connectivity index (χ4n) is 2.01. The normalized spacial score (nSPS) is 11.3. The van der Waals surface area contributed by atoms with Gasteiger partial charge in [-0.15, -0.1) is 0 Å². The van der Waals surface area contributed by atoms with Crippen molar-refractivity contribution in [3.63, 3.8) is 0 Å². The van der Waals surface area contributed by atoms with Gasteiger partial charge in [0.1, 0.15) is 5.69 Å². The van der Waals surface area contributed by atoms with Crippen LogP contribution in [0.5, 0.6) is 0 Å². The van der Waals surface area contributed by atoms with Gasteiger partial charge in [-0.05, 0) is 25.3 Å². The summed E-state index contributed by atoms with van der Waals surface area (Å²) >= 11 is 0. The van der Waals surface area contributed by atoms with Crippen LogP contribution in [0.25, 0.3) is 11.3 Å². The van der Waals surface area contributed by atoms with Crippen molar-refractivity contribution < 1.29 is 4.79 Å². The number of hydrogen-bond donors (Lipinski definition) is 0. The van der Waals surface area contributed by atoms with Crippen molar-refractivity contribution in [3.05, 3.63) is 41.6 Å². The molecule has 3 heteroatoms. The third-order valence-corrected chi connectivity index (χ3v) is 3.27. The van der Waals surface area contributed by atoms with Crippen LogP contribution in [-0.4, -0.2) is 16.1 Å². The Hall–Kier alpha value is -1.90. The average molecular weight is 256 g/mol. The van der Waals surface area contributed by atoms with Gasteiger partial charge in [0.2, 0.25) is 0 Å². The molecule has 0 unspecified atom stereocenters. The Morgan fingerprint density at radius 3 is 2.21 bits per heavy atom. The third kappa shape index (κ3) is 2.75. The number of aromatic nitrogens is 2. The molecule has 1 heterocycles. The smallest absolute Gasteiger partial charge is 0.153 e. The Labute approximate surface area is 114 Å². The van der Waals surface area contributed by atoms with Gasteiger partial charge >= 0.3 is 0 Å². The lowest BCUT2D eigenvalue weighted by molar-refractivity contribution is 0.112. The Balaban J connectivity index is 2.43. The van der Waals surface area contributed by atoms with Crippen LogP contribution in [0.3, 0.4) is 0 Å². The van der Waals surface area contributed by atoms with Crippen molar-refractivity contribution in [2.75, 3.05) is 0 Å². The molecule has 0 bridgehead atoms. The minimum atomic E-state index is 0.252. The van der Waals surface area contributed by atoms with Crippen LogP contribution in [-0.2, 0) is 0 Å². The van der Waals surface area contributed by atoms with Crippen molar-refractivity contribution in [1.82, 2.24) is 9.78 Å². The van der Waals surface area contributed by atoms with Gasteiger partial charge in [0.05, 0.1) is 5.56 Å². The van der Waals surface area contributed by atoms with Crippen LogP contribution in [0, 0.1) is 0 Å². The molecule has 0 spiro atoms. The van der Waals surface area contributed by atoms with E-state index < -0.39 is 0 Å². The lowest BCUT2D eigenvalue weighted by Crippen LogP contribution is -2.00. The van der Waals surface area contributed by atoms with E-state index in [1.807, 2.05) is 36.9 Å². The van der Waals surface area contributed by atoms with Crippen molar-refractivity contribution >= 4 is 6.29 Å². The number of rotatable bonds is 4. The maximum absolute atomic E-state index is 11.2. The molecule has 0 radical (unpaired) electrons. The molecule has 0 N–H and O–H groups in total. The molecular weight excluding hydrogens is 236 g/mol. The molecule has 0 aliphatic rings. The van der Waals surface area contributed by atoms with Gasteiger partial charge in [0.15, 0.2) is 6.29 Å². The monoisotopic (exact) mass is 256 g/mol. The van der Waals surface area contributed by atoms with E-state index in [1.165, 1.54) is 5.56 Å². The molecule has 0 atom stereocenters. The van der Waals surface area contributed by atoms with E-state index in [-0.39, 0.29) is 6.04 Å². The van der Waals surface area contributed by atoms with Gasteiger partial charge in [0, 0.05) is 17.8 Å². The van der Waals surface area contributed by atoms with Gasteiger partial charge in [-0.1, -0.05) is 38.1 Å². The van der Waals surface area contributed by atoms with Crippen molar-refractivity contribution in [3.8, 4) is 11.3 Å². The Morgan fingerprint density at radius 1 is 1.11 bits per heavy atom. The first-order valence-electron chi connectivity index (χ1n) is 6.67. The Morgan fingerprint density at radius 2 is 1.74 bits per heavy atom. The standard InChI is InChI=1S/C16H20N2O/c1-11(2)13-5-7-14(8-6-13)16-15(10-19)9-18(17-16)12(3)4/h5-12H,1-4H3. The highest BCUT2D eigenvalue weighted by Gasteiger charge is 2.12. The summed E-state index contributed by atoms with van der Waals surface area (Å²) < 4.78 is 1.83.